The molecule has 24 heavy (non-hydrogen) atoms. The zero-order valence-corrected chi connectivity index (χ0v) is 13.9. The van der Waals surface area contributed by atoms with Gasteiger partial charge in [0, 0.05) is 19.8 Å². The molecule has 0 atom stereocenters. The van der Waals surface area contributed by atoms with Crippen LogP contribution in [0, 0.1) is 5.92 Å². The normalized spacial score (nSPS) is 16.0. The second kappa shape index (κ2) is 6.46. The van der Waals surface area contributed by atoms with E-state index in [1.165, 1.54) is 11.3 Å². The van der Waals surface area contributed by atoms with Gasteiger partial charge < -0.3 is 9.84 Å². The average Bonchev–Trinajstić information content (AvgIpc) is 3.20. The van der Waals surface area contributed by atoms with Crippen molar-refractivity contribution in [2.24, 2.45) is 5.92 Å². The van der Waals surface area contributed by atoms with E-state index in [4.69, 9.17) is 4.74 Å². The molecule has 0 amide bonds. The molecule has 0 bridgehead atoms. The van der Waals surface area contributed by atoms with E-state index in [1.807, 2.05) is 11.4 Å². The summed E-state index contributed by atoms with van der Waals surface area (Å²) >= 11 is 1.51. The van der Waals surface area contributed by atoms with E-state index < -0.39 is 0 Å². The Morgan fingerprint density at radius 2 is 2.25 bits per heavy atom. The Balaban J connectivity index is 1.75. The molecular weight excluding hydrogens is 328 g/mol. The third kappa shape index (κ3) is 2.77. The van der Waals surface area contributed by atoms with Crippen molar-refractivity contribution < 1.29 is 9.84 Å². The van der Waals surface area contributed by atoms with Gasteiger partial charge in [0.15, 0.2) is 11.3 Å². The van der Waals surface area contributed by atoms with Crippen molar-refractivity contribution in [1.29, 1.82) is 0 Å². The van der Waals surface area contributed by atoms with Gasteiger partial charge in [0.1, 0.15) is 5.69 Å². The van der Waals surface area contributed by atoms with Crippen LogP contribution in [0.3, 0.4) is 0 Å². The van der Waals surface area contributed by atoms with Crippen molar-refractivity contribution in [1.82, 2.24) is 19.5 Å². The van der Waals surface area contributed by atoms with Gasteiger partial charge in [0.2, 0.25) is 0 Å². The van der Waals surface area contributed by atoms with Crippen LogP contribution in [0.2, 0.25) is 0 Å². The summed E-state index contributed by atoms with van der Waals surface area (Å²) in [4.78, 5) is 25.0. The van der Waals surface area contributed by atoms with Gasteiger partial charge in [-0.3, -0.25) is 9.55 Å². The number of fused-ring (bicyclic) bond motifs is 1. The van der Waals surface area contributed by atoms with E-state index in [1.54, 1.807) is 10.8 Å². The molecule has 0 aliphatic carbocycles. The number of ether oxygens (including phenoxy) is 1. The molecule has 0 radical (unpaired) electrons. The number of hydrogen-bond donors (Lipinski definition) is 2. The van der Waals surface area contributed by atoms with Crippen LogP contribution in [0.25, 0.3) is 21.9 Å². The standard InChI is InChI=1S/C16H18N4O3S/c21-9-11-3-6-24-13(11)12-7-17-14-15(18-12)20(16(22)19-14)8-10-1-4-23-5-2-10/h3,6-7,10,21H,1-2,4-5,8-9H2,(H,17,19,22). The summed E-state index contributed by atoms with van der Waals surface area (Å²) < 4.78 is 7.06. The minimum Gasteiger partial charge on any atom is -0.392 e. The van der Waals surface area contributed by atoms with Crippen molar-refractivity contribution in [3.8, 4) is 10.6 Å². The molecule has 0 aromatic carbocycles. The largest absolute Gasteiger partial charge is 0.392 e. The summed E-state index contributed by atoms with van der Waals surface area (Å²) in [5, 5.41) is 11.4. The molecule has 126 valence electrons. The van der Waals surface area contributed by atoms with Gasteiger partial charge in [-0.15, -0.1) is 11.3 Å². The highest BCUT2D eigenvalue weighted by molar-refractivity contribution is 7.13. The van der Waals surface area contributed by atoms with Gasteiger partial charge in [-0.25, -0.2) is 14.8 Å². The maximum absolute atomic E-state index is 12.3. The fourth-order valence-corrected chi connectivity index (χ4v) is 3.94. The predicted molar refractivity (Wildman–Crippen MR) is 90.9 cm³/mol. The van der Waals surface area contributed by atoms with Crippen LogP contribution in [-0.2, 0) is 17.9 Å². The number of aliphatic hydroxyl groups is 1. The van der Waals surface area contributed by atoms with Gasteiger partial charge in [-0.1, -0.05) is 0 Å². The molecule has 1 aliphatic heterocycles. The van der Waals surface area contributed by atoms with Crippen LogP contribution < -0.4 is 5.69 Å². The second-order valence-corrected chi connectivity index (χ2v) is 6.87. The Hall–Kier alpha value is -2.03. The second-order valence-electron chi connectivity index (χ2n) is 5.96. The number of nitrogens with one attached hydrogen (secondary N) is 1. The molecule has 2 N–H and O–H groups in total. The summed E-state index contributed by atoms with van der Waals surface area (Å²) in [6.07, 6.45) is 3.54. The monoisotopic (exact) mass is 346 g/mol. The minimum atomic E-state index is -0.179. The van der Waals surface area contributed by atoms with Crippen LogP contribution in [-0.4, -0.2) is 37.8 Å². The molecule has 0 spiro atoms. The van der Waals surface area contributed by atoms with E-state index in [0.717, 1.165) is 36.5 Å². The Bertz CT molecular complexity index is 908. The smallest absolute Gasteiger partial charge is 0.328 e. The molecule has 4 rings (SSSR count). The quantitative estimate of drug-likeness (QED) is 0.751. The molecule has 1 aliphatic rings. The zero-order chi connectivity index (χ0) is 16.5. The molecular formula is C16H18N4O3S. The molecule has 4 heterocycles. The van der Waals surface area contributed by atoms with Crippen molar-refractivity contribution in [3.05, 3.63) is 33.7 Å². The lowest BCUT2D eigenvalue weighted by atomic mass is 10.0. The topological polar surface area (TPSA) is 93.0 Å². The van der Waals surface area contributed by atoms with E-state index in [0.29, 0.717) is 29.5 Å². The first-order valence-corrected chi connectivity index (χ1v) is 8.85. The molecule has 3 aromatic heterocycles. The van der Waals surface area contributed by atoms with Crippen molar-refractivity contribution in [2.75, 3.05) is 13.2 Å². The highest BCUT2D eigenvalue weighted by Gasteiger charge is 2.19. The molecule has 1 fully saturated rings. The van der Waals surface area contributed by atoms with E-state index in [9.17, 15) is 9.90 Å². The number of imidazole rings is 1. The van der Waals surface area contributed by atoms with Crippen LogP contribution in [0.1, 0.15) is 18.4 Å². The lowest BCUT2D eigenvalue weighted by Gasteiger charge is -2.21. The summed E-state index contributed by atoms with van der Waals surface area (Å²) in [6.45, 7) is 2.07. The highest BCUT2D eigenvalue weighted by Crippen LogP contribution is 2.28. The first kappa shape index (κ1) is 15.5. The molecule has 0 unspecified atom stereocenters. The average molecular weight is 346 g/mol. The molecule has 8 heteroatoms. The SMILES string of the molecule is O=c1[nH]c2ncc(-c3sccc3CO)nc2n1CC1CCOCC1. The summed E-state index contributed by atoms with van der Waals surface area (Å²) in [5.41, 5.74) is 2.39. The third-order valence-corrected chi connectivity index (χ3v) is 5.39. The summed E-state index contributed by atoms with van der Waals surface area (Å²) in [5.74, 6) is 0.413. The molecule has 3 aromatic rings. The van der Waals surface area contributed by atoms with Crippen molar-refractivity contribution in [3.63, 3.8) is 0 Å². The fourth-order valence-electron chi connectivity index (χ4n) is 3.07. The van der Waals surface area contributed by atoms with Crippen LogP contribution in [0.4, 0.5) is 0 Å². The van der Waals surface area contributed by atoms with E-state index >= 15 is 0 Å². The lowest BCUT2D eigenvalue weighted by molar-refractivity contribution is 0.0613. The van der Waals surface area contributed by atoms with Gasteiger partial charge in [0.25, 0.3) is 0 Å². The van der Waals surface area contributed by atoms with Crippen molar-refractivity contribution >= 4 is 22.6 Å². The minimum absolute atomic E-state index is 0.0411. The van der Waals surface area contributed by atoms with Gasteiger partial charge in [-0.05, 0) is 35.8 Å². The van der Waals surface area contributed by atoms with E-state index in [2.05, 4.69) is 15.0 Å². The fraction of sp³-hybridized carbons (Fsp3) is 0.438. The van der Waals surface area contributed by atoms with E-state index in [-0.39, 0.29) is 12.3 Å². The number of aliphatic hydroxyl groups excluding tert-OH is 1. The number of thiophene rings is 1. The van der Waals surface area contributed by atoms with Crippen LogP contribution >= 0.6 is 11.3 Å². The Labute approximate surface area is 142 Å². The number of nitrogens with zero attached hydrogens (tertiary/aromatic N) is 3. The number of rotatable bonds is 4. The number of aromatic amines is 1. The lowest BCUT2D eigenvalue weighted by Crippen LogP contribution is -2.26. The Kier molecular flexibility index (Phi) is 4.17. The van der Waals surface area contributed by atoms with Crippen molar-refractivity contribution in [2.45, 2.75) is 26.0 Å². The van der Waals surface area contributed by atoms with Gasteiger partial charge >= 0.3 is 5.69 Å². The number of hydrogen-bond acceptors (Lipinski definition) is 6. The summed E-state index contributed by atoms with van der Waals surface area (Å²) in [6, 6.07) is 1.87. The molecule has 7 nitrogen and oxygen atoms in total. The number of aromatic nitrogens is 4. The molecule has 1 saturated heterocycles. The highest BCUT2D eigenvalue weighted by atomic mass is 32.1. The maximum Gasteiger partial charge on any atom is 0.328 e. The van der Waals surface area contributed by atoms with Gasteiger partial charge in [0.05, 0.1) is 17.7 Å². The first-order chi connectivity index (χ1) is 11.8. The predicted octanol–water partition coefficient (Wildman–Crippen LogP) is 1.77. The van der Waals surface area contributed by atoms with Crippen LogP contribution in [0.15, 0.2) is 22.4 Å². The maximum atomic E-state index is 12.3. The number of H-pyrrole nitrogens is 1. The summed E-state index contributed by atoms with van der Waals surface area (Å²) in [7, 11) is 0. The third-order valence-electron chi connectivity index (χ3n) is 4.41. The van der Waals surface area contributed by atoms with Crippen LogP contribution in [0.5, 0.6) is 0 Å². The Morgan fingerprint density at radius 1 is 1.42 bits per heavy atom. The molecule has 0 saturated carbocycles. The first-order valence-electron chi connectivity index (χ1n) is 7.97. The zero-order valence-electron chi connectivity index (χ0n) is 13.1. The van der Waals surface area contributed by atoms with Gasteiger partial charge in [-0.2, -0.15) is 0 Å². The Morgan fingerprint density at radius 3 is 3.04 bits per heavy atom.